The second-order valence-electron chi connectivity index (χ2n) is 6.09. The number of unbranched alkanes of at least 4 members (excludes halogenated alkanes) is 14. The van der Waals surface area contributed by atoms with E-state index >= 15 is 0 Å². The van der Waals surface area contributed by atoms with E-state index in [4.69, 9.17) is 5.11 Å². The molecule has 24 heavy (non-hydrogen) atoms. The molecule has 0 unspecified atom stereocenters. The van der Waals surface area contributed by atoms with Crippen molar-refractivity contribution >= 4 is 40.0 Å². The Morgan fingerprint density at radius 1 is 0.667 bits per heavy atom. The number of carboxylic acid groups (broad SMARTS) is 1. The van der Waals surface area contributed by atoms with Crippen LogP contribution in [0.5, 0.6) is 0 Å². The van der Waals surface area contributed by atoms with Gasteiger partial charge in [-0.2, -0.15) is 0 Å². The van der Waals surface area contributed by atoms with Crippen LogP contribution in [-0.4, -0.2) is 56.0 Å². The van der Waals surface area contributed by atoms with Gasteiger partial charge in [0.2, 0.25) is 0 Å². The number of carboxylic acids is 1. The molecule has 0 fully saturated rings. The predicted molar refractivity (Wildman–Crippen MR) is 114 cm³/mol. The Labute approximate surface area is 173 Å². The first-order valence-electron chi connectivity index (χ1n) is 8.99. The third-order valence-electron chi connectivity index (χ3n) is 3.99. The monoisotopic (exact) mass is 378 g/mol. The first-order valence-corrected chi connectivity index (χ1v) is 8.99. The SMILES string of the molecule is CCCCCCCCCCCCCCCCCC(=O)O.O.O.[H-].[H-].[Mg+2].[SiH4]. The average molecular weight is 379 g/mol. The van der Waals surface area contributed by atoms with Crippen LogP contribution in [0, 0.1) is 0 Å². The van der Waals surface area contributed by atoms with Crippen LogP contribution in [0.2, 0.25) is 0 Å². The van der Waals surface area contributed by atoms with E-state index in [9.17, 15) is 4.79 Å². The fourth-order valence-corrected chi connectivity index (χ4v) is 2.65. The van der Waals surface area contributed by atoms with Gasteiger partial charge in [-0.25, -0.2) is 0 Å². The van der Waals surface area contributed by atoms with E-state index in [1.165, 1.54) is 83.5 Å². The zero-order chi connectivity index (χ0) is 14.9. The summed E-state index contributed by atoms with van der Waals surface area (Å²) in [5.74, 6) is -0.653. The molecule has 0 saturated carbocycles. The van der Waals surface area contributed by atoms with E-state index < -0.39 is 5.97 Å². The van der Waals surface area contributed by atoms with Crippen molar-refractivity contribution in [2.45, 2.75) is 110 Å². The van der Waals surface area contributed by atoms with Crippen LogP contribution in [-0.2, 0) is 4.79 Å². The van der Waals surface area contributed by atoms with Crippen LogP contribution >= 0.6 is 0 Å². The molecule has 0 aliphatic rings. The summed E-state index contributed by atoms with van der Waals surface area (Å²) < 4.78 is 0. The van der Waals surface area contributed by atoms with E-state index in [0.717, 1.165) is 12.8 Å². The summed E-state index contributed by atoms with van der Waals surface area (Å²) in [4.78, 5) is 10.3. The normalized spacial score (nSPS) is 9.04. The molecule has 0 aliphatic heterocycles. The van der Waals surface area contributed by atoms with Crippen molar-refractivity contribution in [1.29, 1.82) is 0 Å². The van der Waals surface area contributed by atoms with Gasteiger partial charge >= 0.3 is 29.0 Å². The van der Waals surface area contributed by atoms with Gasteiger partial charge in [0, 0.05) is 6.42 Å². The molecule has 0 spiro atoms. The number of rotatable bonds is 16. The molecule has 6 heteroatoms. The molecule has 0 aromatic rings. The van der Waals surface area contributed by atoms with Crippen molar-refractivity contribution in [1.82, 2.24) is 0 Å². The summed E-state index contributed by atoms with van der Waals surface area (Å²) in [5, 5.41) is 8.52. The second-order valence-corrected chi connectivity index (χ2v) is 6.09. The fraction of sp³-hybridized carbons (Fsp3) is 0.944. The van der Waals surface area contributed by atoms with Gasteiger partial charge in [0.15, 0.2) is 0 Å². The molecule has 0 radical (unpaired) electrons. The molecular formula is C18H46MgO4Si. The molecule has 0 atom stereocenters. The van der Waals surface area contributed by atoms with E-state index in [0.29, 0.717) is 6.42 Å². The van der Waals surface area contributed by atoms with Crippen molar-refractivity contribution in [3.05, 3.63) is 0 Å². The van der Waals surface area contributed by atoms with E-state index in [1.807, 2.05) is 0 Å². The third kappa shape index (κ3) is 33.9. The second kappa shape index (κ2) is 31.2. The average Bonchev–Trinajstić information content (AvgIpc) is 2.43. The van der Waals surface area contributed by atoms with E-state index in [2.05, 4.69) is 6.92 Å². The summed E-state index contributed by atoms with van der Waals surface area (Å²) in [7, 11) is 0. The van der Waals surface area contributed by atoms with Gasteiger partial charge in [0.05, 0.1) is 0 Å². The van der Waals surface area contributed by atoms with Gasteiger partial charge in [0.25, 0.3) is 0 Å². The van der Waals surface area contributed by atoms with Crippen LogP contribution in [0.25, 0.3) is 0 Å². The molecule has 0 rings (SSSR count). The van der Waals surface area contributed by atoms with Gasteiger partial charge in [0.1, 0.15) is 0 Å². The zero-order valence-electron chi connectivity index (χ0n) is 17.4. The van der Waals surface area contributed by atoms with Gasteiger partial charge in [-0.3, -0.25) is 4.79 Å². The number of carbonyl (C=O) groups is 1. The summed E-state index contributed by atoms with van der Waals surface area (Å²) in [6, 6.07) is 0. The molecule has 148 valence electrons. The van der Waals surface area contributed by atoms with Crippen molar-refractivity contribution in [2.24, 2.45) is 0 Å². The Morgan fingerprint density at radius 2 is 0.917 bits per heavy atom. The number of hydrogen-bond acceptors (Lipinski definition) is 1. The largest absolute Gasteiger partial charge is 2.00 e. The molecule has 0 aromatic carbocycles. The minimum atomic E-state index is -0.653. The maximum absolute atomic E-state index is 10.3. The van der Waals surface area contributed by atoms with Gasteiger partial charge in [-0.1, -0.05) is 96.8 Å². The van der Waals surface area contributed by atoms with Crippen molar-refractivity contribution in [3.63, 3.8) is 0 Å². The molecular weight excluding hydrogens is 333 g/mol. The Kier molecular flexibility index (Phi) is 46.1. The van der Waals surface area contributed by atoms with Crippen molar-refractivity contribution in [3.8, 4) is 0 Å². The Balaban J connectivity index is -0.000000120. The molecule has 0 heterocycles. The molecule has 0 aliphatic carbocycles. The smallest absolute Gasteiger partial charge is 1.00 e. The Bertz CT molecular complexity index is 229. The third-order valence-corrected chi connectivity index (χ3v) is 3.99. The fourth-order valence-electron chi connectivity index (χ4n) is 2.65. The maximum atomic E-state index is 10.3. The zero-order valence-corrected chi connectivity index (χ0v) is 16.8. The summed E-state index contributed by atoms with van der Waals surface area (Å²) in [6.45, 7) is 2.27. The molecule has 5 N–H and O–H groups in total. The van der Waals surface area contributed by atoms with Crippen LogP contribution in [0.4, 0.5) is 0 Å². The molecule has 0 aromatic heterocycles. The standard InChI is InChI=1S/C18H36O2.Mg.2H2O.H4Si.2H/c1-2-3-4-5-6-7-8-9-10-11-12-13-14-15-16-17-18(19)20;;;;;;/h2-17H2,1H3,(H,19,20);;2*1H2;1H4;;/q;+2;;;;2*-1. The van der Waals surface area contributed by atoms with Crippen LogP contribution in [0.3, 0.4) is 0 Å². The van der Waals surface area contributed by atoms with Crippen molar-refractivity contribution in [2.75, 3.05) is 0 Å². The molecule has 0 bridgehead atoms. The number of aliphatic carboxylic acids is 1. The van der Waals surface area contributed by atoms with Crippen LogP contribution in [0.1, 0.15) is 113 Å². The minimum Gasteiger partial charge on any atom is -1.00 e. The first kappa shape index (κ1) is 35.5. The predicted octanol–water partition coefficient (Wildman–Crippen LogP) is 3.08. The number of hydrogen-bond donors (Lipinski definition) is 1. The van der Waals surface area contributed by atoms with E-state index in [-0.39, 0.29) is 47.8 Å². The quantitative estimate of drug-likeness (QED) is 0.329. The Hall–Kier alpha value is 0.373. The molecule has 0 amide bonds. The first-order chi connectivity index (χ1) is 9.77. The minimum absolute atomic E-state index is 0. The molecule has 4 nitrogen and oxygen atoms in total. The summed E-state index contributed by atoms with van der Waals surface area (Å²) in [5.41, 5.74) is 0. The van der Waals surface area contributed by atoms with Gasteiger partial charge < -0.3 is 18.9 Å². The van der Waals surface area contributed by atoms with Gasteiger partial charge in [-0.15, -0.1) is 0 Å². The topological polar surface area (TPSA) is 100 Å². The van der Waals surface area contributed by atoms with Crippen LogP contribution in [0.15, 0.2) is 0 Å². The van der Waals surface area contributed by atoms with Crippen molar-refractivity contribution < 1.29 is 23.7 Å². The van der Waals surface area contributed by atoms with Gasteiger partial charge in [-0.05, 0) is 17.4 Å². The summed E-state index contributed by atoms with van der Waals surface area (Å²) >= 11 is 0. The van der Waals surface area contributed by atoms with Crippen LogP contribution < -0.4 is 0 Å². The van der Waals surface area contributed by atoms with E-state index in [1.54, 1.807) is 0 Å². The molecule has 0 saturated heterocycles. The Morgan fingerprint density at radius 3 is 1.17 bits per heavy atom. The summed E-state index contributed by atoms with van der Waals surface area (Å²) in [6.07, 6.45) is 20.2. The maximum Gasteiger partial charge on any atom is 2.00 e.